The van der Waals surface area contributed by atoms with Crippen LogP contribution in [0.4, 0.5) is 5.69 Å². The lowest BCUT2D eigenvalue weighted by Gasteiger charge is -2.01. The van der Waals surface area contributed by atoms with E-state index in [9.17, 15) is 10.1 Å². The first-order valence-corrected chi connectivity index (χ1v) is 4.75. The quantitative estimate of drug-likeness (QED) is 0.558. The summed E-state index contributed by atoms with van der Waals surface area (Å²) in [6.45, 7) is 4.49. The molecule has 0 aliphatic rings. The van der Waals surface area contributed by atoms with E-state index in [1.807, 2.05) is 18.4 Å². The van der Waals surface area contributed by atoms with Crippen LogP contribution in [0.15, 0.2) is 18.2 Å². The minimum absolute atomic E-state index is 0.120. The van der Waals surface area contributed by atoms with Crippen molar-refractivity contribution in [3.05, 3.63) is 34.1 Å². The van der Waals surface area contributed by atoms with Crippen molar-refractivity contribution in [2.45, 2.75) is 20.4 Å². The molecule has 78 valence electrons. The summed E-state index contributed by atoms with van der Waals surface area (Å²) < 4.78 is 1.85. The second kappa shape index (κ2) is 3.34. The first-order valence-electron chi connectivity index (χ1n) is 4.75. The van der Waals surface area contributed by atoms with Gasteiger partial charge in [-0.25, -0.2) is 4.98 Å². The summed E-state index contributed by atoms with van der Waals surface area (Å²) in [4.78, 5) is 14.8. The lowest BCUT2D eigenvalue weighted by molar-refractivity contribution is -0.383. The largest absolute Gasteiger partial charge is 0.323 e. The van der Waals surface area contributed by atoms with E-state index in [0.29, 0.717) is 17.6 Å². The van der Waals surface area contributed by atoms with Gasteiger partial charge in [-0.1, -0.05) is 6.07 Å². The fourth-order valence-electron chi connectivity index (χ4n) is 1.82. The molecular formula is C10H11N3O2. The average molecular weight is 205 g/mol. The normalized spacial score (nSPS) is 10.8. The topological polar surface area (TPSA) is 61.0 Å². The Labute approximate surface area is 86.5 Å². The highest BCUT2D eigenvalue weighted by Gasteiger charge is 2.17. The molecule has 1 heterocycles. The van der Waals surface area contributed by atoms with E-state index in [-0.39, 0.29) is 10.6 Å². The van der Waals surface area contributed by atoms with Gasteiger partial charge in [0.1, 0.15) is 11.3 Å². The summed E-state index contributed by atoms with van der Waals surface area (Å²) in [7, 11) is 0. The maximum atomic E-state index is 10.9. The zero-order valence-corrected chi connectivity index (χ0v) is 8.60. The van der Waals surface area contributed by atoms with Crippen LogP contribution in [0.25, 0.3) is 11.0 Å². The van der Waals surface area contributed by atoms with Gasteiger partial charge in [0.2, 0.25) is 0 Å². The van der Waals surface area contributed by atoms with Crippen LogP contribution in [0.5, 0.6) is 0 Å². The first-order chi connectivity index (χ1) is 7.15. The molecule has 0 atom stereocenters. The van der Waals surface area contributed by atoms with Gasteiger partial charge in [-0.2, -0.15) is 0 Å². The van der Waals surface area contributed by atoms with Gasteiger partial charge in [-0.3, -0.25) is 10.1 Å². The van der Waals surface area contributed by atoms with Crippen LogP contribution in [0.3, 0.4) is 0 Å². The number of nitro groups is 1. The summed E-state index contributed by atoms with van der Waals surface area (Å²) in [5.74, 6) is 0.807. The zero-order chi connectivity index (χ0) is 11.0. The molecule has 0 saturated carbocycles. The molecule has 0 fully saturated rings. The molecule has 5 heteroatoms. The van der Waals surface area contributed by atoms with Crippen molar-refractivity contribution in [3.63, 3.8) is 0 Å². The zero-order valence-electron chi connectivity index (χ0n) is 8.60. The molecule has 0 amide bonds. The van der Waals surface area contributed by atoms with Crippen molar-refractivity contribution in [2.75, 3.05) is 0 Å². The summed E-state index contributed by atoms with van der Waals surface area (Å²) in [5, 5.41) is 10.9. The minimum atomic E-state index is -0.365. The number of hydrogen-bond donors (Lipinski definition) is 0. The number of imidazole rings is 1. The molecule has 0 spiro atoms. The summed E-state index contributed by atoms with van der Waals surface area (Å²) in [6, 6.07) is 4.96. The summed E-state index contributed by atoms with van der Waals surface area (Å²) >= 11 is 0. The van der Waals surface area contributed by atoms with Crippen molar-refractivity contribution < 1.29 is 4.92 Å². The first kappa shape index (κ1) is 9.64. The Balaban J connectivity index is 2.87. The molecule has 0 aliphatic carbocycles. The smallest absolute Gasteiger partial charge is 0.295 e. The molecule has 0 bridgehead atoms. The Bertz CT molecular complexity index is 531. The standard InChI is InChI=1S/C10H11N3O2/c1-3-12-7(2)11-8-5-4-6-9(10(8)12)13(14)15/h4-6H,3H2,1-2H3. The van der Waals surface area contributed by atoms with Crippen LogP contribution >= 0.6 is 0 Å². The van der Waals surface area contributed by atoms with E-state index in [1.165, 1.54) is 6.07 Å². The fraction of sp³-hybridized carbons (Fsp3) is 0.300. The highest BCUT2D eigenvalue weighted by atomic mass is 16.6. The van der Waals surface area contributed by atoms with Gasteiger partial charge < -0.3 is 4.57 Å². The number of nitrogens with zero attached hydrogens (tertiary/aromatic N) is 3. The Morgan fingerprint density at radius 1 is 1.53 bits per heavy atom. The van der Waals surface area contributed by atoms with Crippen molar-refractivity contribution >= 4 is 16.7 Å². The molecule has 2 aromatic rings. The van der Waals surface area contributed by atoms with Crippen LogP contribution in [0.1, 0.15) is 12.7 Å². The number of fused-ring (bicyclic) bond motifs is 1. The van der Waals surface area contributed by atoms with Crippen LogP contribution < -0.4 is 0 Å². The number of hydrogen-bond acceptors (Lipinski definition) is 3. The van der Waals surface area contributed by atoms with Crippen molar-refractivity contribution in [1.82, 2.24) is 9.55 Å². The van der Waals surface area contributed by atoms with E-state index < -0.39 is 0 Å². The van der Waals surface area contributed by atoms with Gasteiger partial charge in [0.15, 0.2) is 0 Å². The van der Waals surface area contributed by atoms with E-state index in [2.05, 4.69) is 4.98 Å². The summed E-state index contributed by atoms with van der Waals surface area (Å²) in [6.07, 6.45) is 0. The van der Waals surface area contributed by atoms with Crippen molar-refractivity contribution in [3.8, 4) is 0 Å². The van der Waals surface area contributed by atoms with Gasteiger partial charge in [0, 0.05) is 12.6 Å². The Morgan fingerprint density at radius 2 is 2.27 bits per heavy atom. The van der Waals surface area contributed by atoms with Gasteiger partial charge in [0.05, 0.1) is 10.4 Å². The maximum Gasteiger partial charge on any atom is 0.295 e. The SMILES string of the molecule is CCn1c(C)nc2cccc([N+](=O)[O-])c21. The molecule has 1 aromatic heterocycles. The lowest BCUT2D eigenvalue weighted by atomic mass is 10.2. The molecule has 0 unspecified atom stereocenters. The van der Waals surface area contributed by atoms with E-state index in [4.69, 9.17) is 0 Å². The number of aryl methyl sites for hydroxylation is 2. The second-order valence-electron chi connectivity index (χ2n) is 3.31. The van der Waals surface area contributed by atoms with Gasteiger partial charge in [0.25, 0.3) is 5.69 Å². The number of benzene rings is 1. The third kappa shape index (κ3) is 1.36. The van der Waals surface area contributed by atoms with Crippen molar-refractivity contribution in [2.24, 2.45) is 0 Å². The van der Waals surface area contributed by atoms with E-state index in [1.54, 1.807) is 12.1 Å². The molecule has 0 radical (unpaired) electrons. The molecule has 15 heavy (non-hydrogen) atoms. The number of rotatable bonds is 2. The Kier molecular flexibility index (Phi) is 2.15. The molecule has 0 aliphatic heterocycles. The predicted molar refractivity (Wildman–Crippen MR) is 56.8 cm³/mol. The van der Waals surface area contributed by atoms with E-state index in [0.717, 1.165) is 5.82 Å². The molecule has 2 rings (SSSR count). The van der Waals surface area contributed by atoms with Crippen LogP contribution in [0.2, 0.25) is 0 Å². The summed E-state index contributed by atoms with van der Waals surface area (Å²) in [5.41, 5.74) is 1.42. The molecule has 5 nitrogen and oxygen atoms in total. The minimum Gasteiger partial charge on any atom is -0.323 e. The van der Waals surface area contributed by atoms with Gasteiger partial charge in [-0.05, 0) is 19.9 Å². The van der Waals surface area contributed by atoms with Crippen molar-refractivity contribution in [1.29, 1.82) is 0 Å². The highest BCUT2D eigenvalue weighted by Crippen LogP contribution is 2.25. The monoisotopic (exact) mass is 205 g/mol. The van der Waals surface area contributed by atoms with E-state index >= 15 is 0 Å². The molecule has 0 saturated heterocycles. The maximum absolute atomic E-state index is 10.9. The lowest BCUT2D eigenvalue weighted by Crippen LogP contribution is -1.99. The number of para-hydroxylation sites is 1. The molecule has 1 aromatic carbocycles. The number of non-ortho nitro benzene ring substituents is 1. The van der Waals surface area contributed by atoms with Crippen LogP contribution in [-0.4, -0.2) is 14.5 Å². The predicted octanol–water partition coefficient (Wildman–Crippen LogP) is 2.27. The Morgan fingerprint density at radius 3 is 2.87 bits per heavy atom. The van der Waals surface area contributed by atoms with Crippen LogP contribution in [0, 0.1) is 17.0 Å². The fourth-order valence-corrected chi connectivity index (χ4v) is 1.82. The van der Waals surface area contributed by atoms with Gasteiger partial charge in [-0.15, -0.1) is 0 Å². The molecule has 0 N–H and O–H groups in total. The van der Waals surface area contributed by atoms with Gasteiger partial charge >= 0.3 is 0 Å². The number of nitro benzene ring substituents is 1. The third-order valence-electron chi connectivity index (χ3n) is 2.45. The Hall–Kier alpha value is -1.91. The molecular weight excluding hydrogens is 194 g/mol. The highest BCUT2D eigenvalue weighted by molar-refractivity contribution is 5.85. The third-order valence-corrected chi connectivity index (χ3v) is 2.45. The number of aromatic nitrogens is 2. The average Bonchev–Trinajstić information content (AvgIpc) is 2.52. The van der Waals surface area contributed by atoms with Crippen LogP contribution in [-0.2, 0) is 6.54 Å². The second-order valence-corrected chi connectivity index (χ2v) is 3.31.